The molecular weight excluding hydrogens is 572 g/mol. The Morgan fingerprint density at radius 3 is 2.36 bits per heavy atom. The number of phenols is 1. The Balaban J connectivity index is 0.00000353. The number of nitrogens with one attached hydrogen (secondary N) is 1. The highest BCUT2D eigenvalue weighted by molar-refractivity contribution is 6.00. The van der Waals surface area contributed by atoms with Gasteiger partial charge in [-0.25, -0.2) is 9.37 Å². The van der Waals surface area contributed by atoms with Gasteiger partial charge in [0.25, 0.3) is 5.91 Å². The van der Waals surface area contributed by atoms with Crippen LogP contribution in [0.4, 0.5) is 17.6 Å². The first-order chi connectivity index (χ1) is 19.6. The highest BCUT2D eigenvalue weighted by Gasteiger charge is 2.40. The average molecular weight is 601 g/mol. The molecule has 3 heterocycles. The molecule has 1 atom stereocenters. The molecule has 220 valence electrons. The van der Waals surface area contributed by atoms with Crippen molar-refractivity contribution >= 4 is 18.3 Å². The van der Waals surface area contributed by atoms with Crippen LogP contribution in [0.25, 0.3) is 11.1 Å². The van der Waals surface area contributed by atoms with Crippen LogP contribution < -0.4 is 0 Å². The number of aromatic hydroxyl groups is 1. The molecule has 1 aromatic heterocycles. The van der Waals surface area contributed by atoms with Gasteiger partial charge >= 0.3 is 6.18 Å². The van der Waals surface area contributed by atoms with E-state index in [4.69, 9.17) is 0 Å². The summed E-state index contributed by atoms with van der Waals surface area (Å²) in [6, 6.07) is 15.7. The largest absolute Gasteiger partial charge is 0.508 e. The number of nitrogens with zero attached hydrogens (tertiary/aromatic N) is 3. The molecule has 0 aliphatic carbocycles. The van der Waals surface area contributed by atoms with Crippen molar-refractivity contribution in [1.82, 2.24) is 19.8 Å². The maximum Gasteiger partial charge on any atom is 0.432 e. The SMILES string of the molecule is CN1CCC(c2ccc(-c3ccc4c(c3)C(=O)N(C(c3ncc(C(F)(F)F)[nH]3)c3cc(F)ccc3O)C4)cc2)CC1.Cl. The number of carbonyl (C=O) groups is 1. The van der Waals surface area contributed by atoms with Crippen molar-refractivity contribution < 1.29 is 27.5 Å². The fourth-order valence-corrected chi connectivity index (χ4v) is 5.83. The third-order valence-corrected chi connectivity index (χ3v) is 8.13. The number of halogens is 5. The maximum absolute atomic E-state index is 14.2. The molecule has 6 rings (SSSR count). The lowest BCUT2D eigenvalue weighted by Crippen LogP contribution is -2.31. The Bertz CT molecular complexity index is 1600. The average Bonchev–Trinajstić information content (AvgIpc) is 3.57. The molecular formula is C31H29ClF4N4O2. The summed E-state index contributed by atoms with van der Waals surface area (Å²) >= 11 is 0. The molecule has 0 spiro atoms. The Morgan fingerprint density at radius 2 is 1.69 bits per heavy atom. The van der Waals surface area contributed by atoms with Crippen LogP contribution in [-0.2, 0) is 12.7 Å². The monoisotopic (exact) mass is 600 g/mol. The summed E-state index contributed by atoms with van der Waals surface area (Å²) in [5.74, 6) is -1.24. The van der Waals surface area contributed by atoms with Crippen LogP contribution in [0.1, 0.15) is 63.4 Å². The topological polar surface area (TPSA) is 72.5 Å². The zero-order valence-corrected chi connectivity index (χ0v) is 23.5. The number of rotatable bonds is 5. The van der Waals surface area contributed by atoms with Gasteiger partial charge in [-0.2, -0.15) is 13.2 Å². The summed E-state index contributed by atoms with van der Waals surface area (Å²) in [4.78, 5) is 23.5. The van der Waals surface area contributed by atoms with Gasteiger partial charge in [0.1, 0.15) is 29.1 Å². The van der Waals surface area contributed by atoms with Crippen molar-refractivity contribution in [2.24, 2.45) is 0 Å². The zero-order chi connectivity index (χ0) is 28.9. The van der Waals surface area contributed by atoms with Gasteiger partial charge in [0.15, 0.2) is 0 Å². The van der Waals surface area contributed by atoms with E-state index in [9.17, 15) is 27.5 Å². The van der Waals surface area contributed by atoms with E-state index in [-0.39, 0.29) is 36.1 Å². The number of hydrogen-bond donors (Lipinski definition) is 2. The van der Waals surface area contributed by atoms with E-state index in [1.165, 1.54) is 10.5 Å². The lowest BCUT2D eigenvalue weighted by Gasteiger charge is -2.29. The minimum Gasteiger partial charge on any atom is -0.508 e. The number of aromatic nitrogens is 2. The summed E-state index contributed by atoms with van der Waals surface area (Å²) in [6.45, 7) is 2.19. The van der Waals surface area contributed by atoms with E-state index in [0.29, 0.717) is 23.2 Å². The van der Waals surface area contributed by atoms with Crippen LogP contribution >= 0.6 is 12.4 Å². The molecule has 0 saturated carbocycles. The lowest BCUT2D eigenvalue weighted by molar-refractivity contribution is -0.141. The van der Waals surface area contributed by atoms with E-state index in [1.54, 1.807) is 6.07 Å². The van der Waals surface area contributed by atoms with Crippen LogP contribution in [-0.4, -0.2) is 50.9 Å². The number of imidazole rings is 1. The number of alkyl halides is 3. The summed E-state index contributed by atoms with van der Waals surface area (Å²) in [5, 5.41) is 10.5. The minimum absolute atomic E-state index is 0. The molecule has 2 aliphatic rings. The van der Waals surface area contributed by atoms with Crippen molar-refractivity contribution in [3.8, 4) is 16.9 Å². The number of hydrogen-bond acceptors (Lipinski definition) is 4. The summed E-state index contributed by atoms with van der Waals surface area (Å²) in [7, 11) is 2.13. The first-order valence-corrected chi connectivity index (χ1v) is 13.4. The van der Waals surface area contributed by atoms with E-state index < -0.39 is 29.6 Å². The van der Waals surface area contributed by atoms with Crippen LogP contribution in [0.3, 0.4) is 0 Å². The minimum atomic E-state index is -4.70. The Hall–Kier alpha value is -3.89. The smallest absolute Gasteiger partial charge is 0.432 e. The fraction of sp³-hybridized carbons (Fsp3) is 0.290. The Labute approximate surface area is 246 Å². The van der Waals surface area contributed by atoms with Gasteiger partial charge in [0.2, 0.25) is 0 Å². The van der Waals surface area contributed by atoms with Crippen LogP contribution in [0.15, 0.2) is 66.9 Å². The summed E-state index contributed by atoms with van der Waals surface area (Å²) < 4.78 is 54.3. The highest BCUT2D eigenvalue weighted by Crippen LogP contribution is 2.40. The van der Waals surface area contributed by atoms with Gasteiger partial charge in [-0.05, 0) is 85.4 Å². The number of likely N-dealkylation sites (tertiary alicyclic amines) is 1. The van der Waals surface area contributed by atoms with E-state index in [0.717, 1.165) is 55.3 Å². The molecule has 1 fully saturated rings. The fourth-order valence-electron chi connectivity index (χ4n) is 5.83. The highest BCUT2D eigenvalue weighted by atomic mass is 35.5. The van der Waals surface area contributed by atoms with Crippen LogP contribution in [0, 0.1) is 5.82 Å². The first-order valence-electron chi connectivity index (χ1n) is 13.4. The standard InChI is InChI=1S/C31H28F4N4O2.ClH/c1-38-12-10-20(11-13-38)18-2-4-19(5-3-18)21-6-7-22-17-39(30(41)24(22)14-21)28(25-15-23(32)8-9-26(25)40)29-36-16-27(37-29)31(33,34)35;/h2-9,14-16,20,28,40H,10-13,17H2,1H3,(H,36,37);1H. The number of H-pyrrole nitrogens is 1. The normalized spacial score (nSPS) is 16.8. The van der Waals surface area contributed by atoms with Gasteiger partial charge in [0, 0.05) is 17.7 Å². The predicted octanol–water partition coefficient (Wildman–Crippen LogP) is 6.92. The molecule has 0 bridgehead atoms. The molecule has 11 heteroatoms. The van der Waals surface area contributed by atoms with Crippen molar-refractivity contribution in [2.75, 3.05) is 20.1 Å². The molecule has 4 aromatic rings. The molecule has 1 saturated heterocycles. The lowest BCUT2D eigenvalue weighted by atomic mass is 9.88. The molecule has 1 amide bonds. The maximum atomic E-state index is 14.2. The first kappa shape index (κ1) is 29.6. The van der Waals surface area contributed by atoms with Gasteiger partial charge in [-0.15, -0.1) is 12.4 Å². The second kappa shape index (κ2) is 11.4. The van der Waals surface area contributed by atoms with Gasteiger partial charge in [-0.3, -0.25) is 4.79 Å². The van der Waals surface area contributed by atoms with Gasteiger partial charge < -0.3 is 19.9 Å². The third kappa shape index (κ3) is 5.61. The molecule has 42 heavy (non-hydrogen) atoms. The van der Waals surface area contributed by atoms with E-state index >= 15 is 0 Å². The number of amides is 1. The number of aromatic amines is 1. The number of carbonyl (C=O) groups excluding carboxylic acids is 1. The van der Waals surface area contributed by atoms with E-state index in [1.807, 2.05) is 24.3 Å². The number of fused-ring (bicyclic) bond motifs is 1. The number of piperidine rings is 1. The summed E-state index contributed by atoms with van der Waals surface area (Å²) in [6.07, 6.45) is -1.85. The van der Waals surface area contributed by atoms with E-state index in [2.05, 4.69) is 34.0 Å². The predicted molar refractivity (Wildman–Crippen MR) is 152 cm³/mol. The molecule has 6 nitrogen and oxygen atoms in total. The molecule has 2 N–H and O–H groups in total. The van der Waals surface area contributed by atoms with Crippen LogP contribution in [0.5, 0.6) is 5.75 Å². The van der Waals surface area contributed by atoms with Crippen LogP contribution in [0.2, 0.25) is 0 Å². The Morgan fingerprint density at radius 1 is 1.00 bits per heavy atom. The summed E-state index contributed by atoms with van der Waals surface area (Å²) in [5.41, 5.74) is 2.95. The molecule has 1 unspecified atom stereocenters. The zero-order valence-electron chi connectivity index (χ0n) is 22.7. The molecule has 2 aliphatic heterocycles. The quantitative estimate of drug-likeness (QED) is 0.244. The number of phenolic OH excluding ortho intramolecular Hbond substituents is 1. The van der Waals surface area contributed by atoms with Gasteiger partial charge in [-0.1, -0.05) is 36.4 Å². The number of benzene rings is 3. The Kier molecular flexibility index (Phi) is 8.04. The van der Waals surface area contributed by atoms with Crippen molar-refractivity contribution in [2.45, 2.75) is 37.5 Å². The second-order valence-corrected chi connectivity index (χ2v) is 10.8. The molecule has 3 aromatic carbocycles. The van der Waals surface area contributed by atoms with Crippen molar-refractivity contribution in [3.05, 3.63) is 106 Å². The second-order valence-electron chi connectivity index (χ2n) is 10.8. The molecule has 0 radical (unpaired) electrons. The van der Waals surface area contributed by atoms with Crippen molar-refractivity contribution in [1.29, 1.82) is 0 Å². The van der Waals surface area contributed by atoms with Crippen molar-refractivity contribution in [3.63, 3.8) is 0 Å². The third-order valence-electron chi connectivity index (χ3n) is 8.13. The van der Waals surface area contributed by atoms with Gasteiger partial charge in [0.05, 0.1) is 6.20 Å².